The van der Waals surface area contributed by atoms with E-state index in [4.69, 9.17) is 0 Å². The van der Waals surface area contributed by atoms with E-state index in [1.165, 1.54) is 4.57 Å². The van der Waals surface area contributed by atoms with E-state index in [0.29, 0.717) is 34.4 Å². The second-order valence-electron chi connectivity index (χ2n) is 8.64. The molecule has 0 spiro atoms. The minimum atomic E-state index is -2.51. The Morgan fingerprint density at radius 3 is 2.75 bits per heavy atom. The Kier molecular flexibility index (Phi) is 5.00. The van der Waals surface area contributed by atoms with Gasteiger partial charge in [-0.3, -0.25) is 0 Å². The van der Waals surface area contributed by atoms with Gasteiger partial charge in [-0.2, -0.15) is 4.98 Å². The topological polar surface area (TPSA) is 117 Å². The van der Waals surface area contributed by atoms with Gasteiger partial charge in [0.2, 0.25) is 5.95 Å². The third-order valence-corrected chi connectivity index (χ3v) is 6.07. The van der Waals surface area contributed by atoms with Crippen LogP contribution >= 0.6 is 0 Å². The minimum absolute atomic E-state index is 0.216. The van der Waals surface area contributed by atoms with Gasteiger partial charge in [-0.1, -0.05) is 0 Å². The molecule has 1 aliphatic carbocycles. The highest BCUT2D eigenvalue weighted by molar-refractivity contribution is 5.93. The molecule has 0 unspecified atom stereocenters. The number of hydrogen-bond donors (Lipinski definition) is 3. The van der Waals surface area contributed by atoms with Gasteiger partial charge >= 0.3 is 0 Å². The van der Waals surface area contributed by atoms with E-state index in [0.717, 1.165) is 36.6 Å². The fourth-order valence-corrected chi connectivity index (χ4v) is 4.24. The molecule has 1 fully saturated rings. The first kappa shape index (κ1) is 20.7. The highest BCUT2D eigenvalue weighted by atomic mass is 19.3. The third-order valence-electron chi connectivity index (χ3n) is 6.07. The van der Waals surface area contributed by atoms with Crippen molar-refractivity contribution in [1.29, 1.82) is 0 Å². The Morgan fingerprint density at radius 2 is 2.00 bits per heavy atom. The lowest BCUT2D eigenvalue weighted by Crippen LogP contribution is -2.36. The third kappa shape index (κ3) is 3.88. The van der Waals surface area contributed by atoms with Crippen LogP contribution in [0.5, 0.6) is 0 Å². The summed E-state index contributed by atoms with van der Waals surface area (Å²) in [5, 5.41) is 14.2. The van der Waals surface area contributed by atoms with Crippen LogP contribution in [0.15, 0.2) is 18.6 Å². The van der Waals surface area contributed by atoms with Crippen molar-refractivity contribution in [2.45, 2.75) is 64.1 Å². The number of imidazole rings is 1. The van der Waals surface area contributed by atoms with Gasteiger partial charge in [-0.25, -0.2) is 28.7 Å². The molecule has 0 saturated heterocycles. The Morgan fingerprint density at radius 1 is 1.22 bits per heavy atom. The van der Waals surface area contributed by atoms with E-state index in [1.54, 1.807) is 25.5 Å². The maximum absolute atomic E-state index is 13.0. The molecule has 1 aliphatic rings. The number of alkyl halides is 2. The van der Waals surface area contributed by atoms with Crippen LogP contribution in [0.25, 0.3) is 33.6 Å². The first-order chi connectivity index (χ1) is 15.3. The molecule has 9 nitrogen and oxygen atoms in total. The number of nitrogens with one attached hydrogen (secondary N) is 2. The molecule has 0 aromatic carbocycles. The maximum Gasteiger partial charge on any atom is 0.256 e. The summed E-state index contributed by atoms with van der Waals surface area (Å²) in [7, 11) is 0. The van der Waals surface area contributed by atoms with Gasteiger partial charge in [0.1, 0.15) is 11.5 Å². The monoisotopic (exact) mass is 442 g/mol. The number of fused-ring (bicyclic) bond motifs is 2. The zero-order valence-corrected chi connectivity index (χ0v) is 17.8. The summed E-state index contributed by atoms with van der Waals surface area (Å²) in [6.07, 6.45) is 5.71. The van der Waals surface area contributed by atoms with Gasteiger partial charge in [0, 0.05) is 29.4 Å². The molecule has 0 radical (unpaired) electrons. The molecule has 0 bridgehead atoms. The molecule has 4 aromatic heterocycles. The van der Waals surface area contributed by atoms with Crippen molar-refractivity contribution in [2.24, 2.45) is 0 Å². The molecule has 1 saturated carbocycles. The molecule has 5 rings (SSSR count). The van der Waals surface area contributed by atoms with Gasteiger partial charge in [0.25, 0.3) is 6.43 Å². The van der Waals surface area contributed by atoms with Crippen molar-refractivity contribution in [3.63, 3.8) is 0 Å². The van der Waals surface area contributed by atoms with Crippen LogP contribution < -0.4 is 5.32 Å². The number of aliphatic hydroxyl groups is 1. The van der Waals surface area contributed by atoms with Crippen LogP contribution in [-0.4, -0.2) is 57.6 Å². The van der Waals surface area contributed by atoms with E-state index in [1.807, 2.05) is 6.92 Å². The van der Waals surface area contributed by atoms with E-state index in [9.17, 15) is 13.9 Å². The summed E-state index contributed by atoms with van der Waals surface area (Å²) in [4.78, 5) is 25.3. The summed E-state index contributed by atoms with van der Waals surface area (Å²) in [5.74, 6) is 0.962. The fraction of sp³-hybridized carbons (Fsp3) is 0.476. The van der Waals surface area contributed by atoms with Crippen molar-refractivity contribution < 1.29 is 13.9 Å². The number of rotatable bonds is 5. The number of H-pyrrole nitrogens is 1. The second-order valence-corrected chi connectivity index (χ2v) is 8.64. The summed E-state index contributed by atoms with van der Waals surface area (Å²) in [6, 6.07) is 0.216. The van der Waals surface area contributed by atoms with Gasteiger partial charge in [0.05, 0.1) is 24.0 Å². The maximum atomic E-state index is 13.0. The van der Waals surface area contributed by atoms with Crippen LogP contribution in [0.1, 0.15) is 38.4 Å². The Hall–Kier alpha value is -3.21. The molecular weight excluding hydrogens is 418 g/mol. The SMILES string of the molecule is Cc1nc2ncc(-c3c[nH]c4nc(N[C@H]5CC[C@](C)(O)CC5)ncc34)nc2n1CC(F)F. The number of hydrogen-bond acceptors (Lipinski definition) is 7. The summed E-state index contributed by atoms with van der Waals surface area (Å²) >= 11 is 0. The largest absolute Gasteiger partial charge is 0.390 e. The molecule has 4 aromatic rings. The molecule has 0 aliphatic heterocycles. The fourth-order valence-electron chi connectivity index (χ4n) is 4.24. The Labute approximate surface area is 182 Å². The highest BCUT2D eigenvalue weighted by Crippen LogP contribution is 2.30. The van der Waals surface area contributed by atoms with E-state index in [2.05, 4.69) is 35.2 Å². The van der Waals surface area contributed by atoms with E-state index >= 15 is 0 Å². The quantitative estimate of drug-likeness (QED) is 0.433. The lowest BCUT2D eigenvalue weighted by atomic mass is 9.84. The van der Waals surface area contributed by atoms with Gasteiger partial charge in [-0.05, 0) is 39.5 Å². The molecule has 0 amide bonds. The van der Waals surface area contributed by atoms with Crippen LogP contribution in [-0.2, 0) is 6.54 Å². The number of aromatic nitrogens is 7. The Balaban J connectivity index is 1.43. The van der Waals surface area contributed by atoms with Gasteiger partial charge in [0.15, 0.2) is 11.3 Å². The molecule has 3 N–H and O–H groups in total. The summed E-state index contributed by atoms with van der Waals surface area (Å²) in [6.45, 7) is 3.05. The zero-order chi connectivity index (χ0) is 22.5. The number of anilines is 1. The Bertz CT molecular complexity index is 1270. The minimum Gasteiger partial charge on any atom is -0.390 e. The molecule has 32 heavy (non-hydrogen) atoms. The van der Waals surface area contributed by atoms with Crippen LogP contribution in [0.2, 0.25) is 0 Å². The first-order valence-electron chi connectivity index (χ1n) is 10.6. The van der Waals surface area contributed by atoms with Crippen LogP contribution in [0, 0.1) is 6.92 Å². The number of nitrogens with zero attached hydrogens (tertiary/aromatic N) is 6. The number of halogens is 2. The van der Waals surface area contributed by atoms with Gasteiger partial charge < -0.3 is 20.0 Å². The zero-order valence-electron chi connectivity index (χ0n) is 17.8. The lowest BCUT2D eigenvalue weighted by Gasteiger charge is -2.33. The molecule has 11 heteroatoms. The van der Waals surface area contributed by atoms with Crippen molar-refractivity contribution in [3.05, 3.63) is 24.4 Å². The molecule has 168 valence electrons. The van der Waals surface area contributed by atoms with Crippen molar-refractivity contribution in [1.82, 2.24) is 34.5 Å². The molecule has 4 heterocycles. The molecule has 0 atom stereocenters. The average Bonchev–Trinajstić information content (AvgIpc) is 3.29. The van der Waals surface area contributed by atoms with Gasteiger partial charge in [-0.15, -0.1) is 0 Å². The molecular formula is C21H24F2N8O. The summed E-state index contributed by atoms with van der Waals surface area (Å²) < 4.78 is 27.4. The van der Waals surface area contributed by atoms with E-state index in [-0.39, 0.29) is 6.04 Å². The summed E-state index contributed by atoms with van der Waals surface area (Å²) in [5.41, 5.74) is 1.96. The standard InChI is InChI=1S/C21H24F2N8O/c1-11-27-18-19(31(11)10-16(22)23)29-15(9-25-18)13-7-24-17-14(13)8-26-20(30-17)28-12-3-5-21(2,32)6-4-12/h7-9,12,16,32H,3-6,10H2,1-2H3,(H2,24,26,28,30)/t12-,21-. The van der Waals surface area contributed by atoms with E-state index < -0.39 is 18.6 Å². The van der Waals surface area contributed by atoms with Crippen molar-refractivity contribution in [3.8, 4) is 11.3 Å². The highest BCUT2D eigenvalue weighted by Gasteiger charge is 2.29. The van der Waals surface area contributed by atoms with Crippen molar-refractivity contribution in [2.75, 3.05) is 5.32 Å². The first-order valence-corrected chi connectivity index (χ1v) is 10.6. The average molecular weight is 442 g/mol. The second kappa shape index (κ2) is 7.73. The number of aromatic amines is 1. The van der Waals surface area contributed by atoms with Crippen LogP contribution in [0.3, 0.4) is 0 Å². The lowest BCUT2D eigenvalue weighted by molar-refractivity contribution is 0.0195. The van der Waals surface area contributed by atoms with Crippen LogP contribution in [0.4, 0.5) is 14.7 Å². The number of aryl methyl sites for hydroxylation is 1. The normalized spacial score (nSPS) is 21.6. The predicted molar refractivity (Wildman–Crippen MR) is 115 cm³/mol. The predicted octanol–water partition coefficient (Wildman–Crippen LogP) is 3.44. The van der Waals surface area contributed by atoms with Crippen molar-refractivity contribution >= 4 is 28.3 Å². The smallest absolute Gasteiger partial charge is 0.256 e.